The van der Waals surface area contributed by atoms with Gasteiger partial charge in [-0.25, -0.2) is 4.79 Å². The van der Waals surface area contributed by atoms with E-state index < -0.39 is 12.0 Å². The van der Waals surface area contributed by atoms with Crippen LogP contribution in [0.2, 0.25) is 0 Å². The summed E-state index contributed by atoms with van der Waals surface area (Å²) in [6.07, 6.45) is 2.43. The molecule has 1 amide bonds. The van der Waals surface area contributed by atoms with Crippen LogP contribution in [0.4, 0.5) is 0 Å². The number of benzene rings is 1. The second kappa shape index (κ2) is 9.78. The molecular weight excluding hydrogens is 382 g/mol. The highest BCUT2D eigenvalue weighted by atomic mass is 127. The van der Waals surface area contributed by atoms with Crippen molar-refractivity contribution in [3.05, 3.63) is 35.4 Å². The maximum absolute atomic E-state index is 12.0. The van der Waals surface area contributed by atoms with Crippen molar-refractivity contribution in [2.75, 3.05) is 6.54 Å². The molecule has 0 aromatic heterocycles. The molecule has 1 atom stereocenters. The van der Waals surface area contributed by atoms with Gasteiger partial charge in [-0.15, -0.1) is 0 Å². The first-order chi connectivity index (χ1) is 10.1. The van der Waals surface area contributed by atoms with Crippen LogP contribution in [0.25, 0.3) is 0 Å². The van der Waals surface area contributed by atoms with Gasteiger partial charge in [0.25, 0.3) is 5.91 Å². The number of rotatable bonds is 9. The van der Waals surface area contributed by atoms with E-state index in [1.807, 2.05) is 22.9 Å². The SMILES string of the molecule is [B]Cc1ccc(C(=O)NC(CCCCNI)C(=O)O)cc1. The fourth-order valence-electron chi connectivity index (χ4n) is 1.83. The van der Waals surface area contributed by atoms with Crippen molar-refractivity contribution in [3.8, 4) is 0 Å². The van der Waals surface area contributed by atoms with Crippen molar-refractivity contribution in [1.29, 1.82) is 0 Å². The summed E-state index contributed by atoms with van der Waals surface area (Å²) in [5.74, 6) is -1.39. The molecular formula is C14H18BIN2O3. The summed E-state index contributed by atoms with van der Waals surface area (Å²) in [5, 5.41) is 11.7. The molecule has 0 aliphatic carbocycles. The summed E-state index contributed by atoms with van der Waals surface area (Å²) < 4.78 is 2.97. The molecule has 1 aromatic rings. The molecule has 21 heavy (non-hydrogen) atoms. The first-order valence-electron chi connectivity index (χ1n) is 6.74. The number of carboxylic acids is 1. The minimum atomic E-state index is -1.01. The number of unbranched alkanes of at least 4 members (excludes halogenated alkanes) is 1. The highest BCUT2D eigenvalue weighted by molar-refractivity contribution is 14.1. The number of aliphatic carboxylic acids is 1. The monoisotopic (exact) mass is 400 g/mol. The highest BCUT2D eigenvalue weighted by Gasteiger charge is 2.20. The Morgan fingerprint density at radius 3 is 2.43 bits per heavy atom. The predicted octanol–water partition coefficient (Wildman–Crippen LogP) is 1.65. The zero-order valence-electron chi connectivity index (χ0n) is 11.6. The van der Waals surface area contributed by atoms with E-state index in [9.17, 15) is 9.59 Å². The van der Waals surface area contributed by atoms with Crippen LogP contribution >= 0.6 is 22.9 Å². The second-order valence-electron chi connectivity index (χ2n) is 4.64. The van der Waals surface area contributed by atoms with Crippen LogP contribution in [0.1, 0.15) is 35.2 Å². The zero-order chi connectivity index (χ0) is 15.7. The summed E-state index contributed by atoms with van der Waals surface area (Å²) in [6, 6.07) is 5.96. The Labute approximate surface area is 139 Å². The molecule has 0 saturated carbocycles. The third kappa shape index (κ3) is 6.47. The number of nitrogens with one attached hydrogen (secondary N) is 2. The number of amides is 1. The van der Waals surface area contributed by atoms with Crippen LogP contribution in [-0.2, 0) is 11.1 Å². The van der Waals surface area contributed by atoms with Gasteiger partial charge in [0.2, 0.25) is 0 Å². The van der Waals surface area contributed by atoms with Crippen LogP contribution in [-0.4, -0.2) is 37.4 Å². The van der Waals surface area contributed by atoms with E-state index in [0.29, 0.717) is 18.3 Å². The van der Waals surface area contributed by atoms with Crippen molar-refractivity contribution in [2.45, 2.75) is 31.6 Å². The average Bonchev–Trinajstić information content (AvgIpc) is 2.50. The molecule has 112 valence electrons. The molecule has 3 N–H and O–H groups in total. The van der Waals surface area contributed by atoms with Gasteiger partial charge in [0.1, 0.15) is 6.04 Å². The number of hydrogen-bond donors (Lipinski definition) is 3. The molecule has 2 radical (unpaired) electrons. The molecule has 0 fully saturated rings. The average molecular weight is 400 g/mol. The van der Waals surface area contributed by atoms with E-state index in [1.165, 1.54) is 0 Å². The molecule has 0 bridgehead atoms. The van der Waals surface area contributed by atoms with Crippen molar-refractivity contribution in [1.82, 2.24) is 8.85 Å². The molecule has 7 heteroatoms. The standard InChI is InChI=1S/C14H18BIN2O3/c15-9-10-4-6-11(7-5-10)13(19)18-12(14(20)21)3-1-2-8-17-16/h4-7,12,17H,1-3,8-9H2,(H,18,19)(H,20,21). The Bertz CT molecular complexity index is 468. The Morgan fingerprint density at radius 2 is 1.90 bits per heavy atom. The first-order valence-corrected chi connectivity index (χ1v) is 7.82. The number of carbonyl (C=O) groups excluding carboxylic acids is 1. The summed E-state index contributed by atoms with van der Waals surface area (Å²) in [4.78, 5) is 23.2. The summed E-state index contributed by atoms with van der Waals surface area (Å²) in [6.45, 7) is 0.821. The third-order valence-corrected chi connectivity index (χ3v) is 3.61. The molecule has 0 aliphatic heterocycles. The van der Waals surface area contributed by atoms with Gasteiger partial charge in [-0.2, -0.15) is 0 Å². The van der Waals surface area contributed by atoms with Crippen molar-refractivity contribution >= 4 is 42.6 Å². The van der Waals surface area contributed by atoms with Crippen LogP contribution in [0, 0.1) is 0 Å². The summed E-state index contributed by atoms with van der Waals surface area (Å²) >= 11 is 2.05. The Hall–Kier alpha value is -1.09. The quantitative estimate of drug-likeness (QED) is 0.255. The Kier molecular flexibility index (Phi) is 8.37. The summed E-state index contributed by atoms with van der Waals surface area (Å²) in [7, 11) is 5.49. The molecule has 0 heterocycles. The van der Waals surface area contributed by atoms with Gasteiger partial charge >= 0.3 is 5.97 Å². The van der Waals surface area contributed by atoms with Gasteiger partial charge in [0.15, 0.2) is 0 Å². The van der Waals surface area contributed by atoms with E-state index in [0.717, 1.165) is 24.9 Å². The second-order valence-corrected chi connectivity index (χ2v) is 5.41. The smallest absolute Gasteiger partial charge is 0.326 e. The van der Waals surface area contributed by atoms with Crippen molar-refractivity contribution in [3.63, 3.8) is 0 Å². The minimum absolute atomic E-state index is 0.377. The van der Waals surface area contributed by atoms with Gasteiger partial charge in [-0.05, 0) is 31.4 Å². The maximum atomic E-state index is 12.0. The van der Waals surface area contributed by atoms with Crippen LogP contribution in [0.5, 0.6) is 0 Å². The largest absolute Gasteiger partial charge is 0.480 e. The van der Waals surface area contributed by atoms with Gasteiger partial charge in [-0.1, -0.05) is 24.0 Å². The lowest BCUT2D eigenvalue weighted by Gasteiger charge is -2.14. The molecule has 5 nitrogen and oxygen atoms in total. The van der Waals surface area contributed by atoms with Crippen LogP contribution < -0.4 is 8.85 Å². The zero-order valence-corrected chi connectivity index (χ0v) is 13.8. The van der Waals surface area contributed by atoms with E-state index in [2.05, 4.69) is 8.85 Å². The predicted molar refractivity (Wildman–Crippen MR) is 90.7 cm³/mol. The molecule has 0 spiro atoms. The summed E-state index contributed by atoms with van der Waals surface area (Å²) in [5.41, 5.74) is 1.36. The molecule has 1 aromatic carbocycles. The van der Waals surface area contributed by atoms with Crippen LogP contribution in [0.15, 0.2) is 24.3 Å². The third-order valence-electron chi connectivity index (χ3n) is 3.07. The normalized spacial score (nSPS) is 11.9. The van der Waals surface area contributed by atoms with Gasteiger partial charge < -0.3 is 10.4 Å². The van der Waals surface area contributed by atoms with Crippen LogP contribution in [0.3, 0.4) is 0 Å². The number of hydrogen-bond acceptors (Lipinski definition) is 3. The fraction of sp³-hybridized carbons (Fsp3) is 0.429. The van der Waals surface area contributed by atoms with E-state index in [4.69, 9.17) is 13.0 Å². The lowest BCUT2D eigenvalue weighted by molar-refractivity contribution is -0.139. The van der Waals surface area contributed by atoms with Gasteiger partial charge in [0.05, 0.1) is 7.85 Å². The molecule has 1 unspecified atom stereocenters. The Morgan fingerprint density at radius 1 is 1.24 bits per heavy atom. The van der Waals surface area contributed by atoms with E-state index in [-0.39, 0.29) is 5.91 Å². The fourth-order valence-corrected chi connectivity index (χ4v) is 2.21. The molecule has 0 aliphatic rings. The van der Waals surface area contributed by atoms with Crippen molar-refractivity contribution in [2.24, 2.45) is 0 Å². The van der Waals surface area contributed by atoms with E-state index in [1.54, 1.807) is 24.3 Å². The highest BCUT2D eigenvalue weighted by Crippen LogP contribution is 2.07. The lowest BCUT2D eigenvalue weighted by Crippen LogP contribution is -2.40. The van der Waals surface area contributed by atoms with Gasteiger partial charge in [-0.3, -0.25) is 8.32 Å². The lowest BCUT2D eigenvalue weighted by atomic mass is 9.96. The number of carboxylic acid groups (broad SMARTS) is 1. The topological polar surface area (TPSA) is 78.4 Å². The molecule has 1 rings (SSSR count). The van der Waals surface area contributed by atoms with Crippen molar-refractivity contribution < 1.29 is 14.7 Å². The number of halogens is 1. The number of carbonyl (C=O) groups is 2. The van der Waals surface area contributed by atoms with Gasteiger partial charge in [0, 0.05) is 35.0 Å². The maximum Gasteiger partial charge on any atom is 0.326 e. The Balaban J connectivity index is 2.56. The molecule has 0 saturated heterocycles. The first kappa shape index (κ1) is 18.0. The van der Waals surface area contributed by atoms with E-state index >= 15 is 0 Å². The minimum Gasteiger partial charge on any atom is -0.480 e.